The molecule has 0 bridgehead atoms. The normalized spacial score (nSPS) is 20.0. The molecule has 1 N–H and O–H groups in total. The zero-order chi connectivity index (χ0) is 50.2. The second-order valence-corrected chi connectivity index (χ2v) is 22.7. The third-order valence-electron chi connectivity index (χ3n) is 12.1. The first-order valence-electron chi connectivity index (χ1n) is 23.9. The minimum Gasteiger partial charge on any atom is -0.477 e. The summed E-state index contributed by atoms with van der Waals surface area (Å²) < 4.78 is 15.5. The summed E-state index contributed by atoms with van der Waals surface area (Å²) >= 11 is 7.74. The summed E-state index contributed by atoms with van der Waals surface area (Å²) in [6.07, 6.45) is 8.65. The zero-order valence-corrected chi connectivity index (χ0v) is 43.9. The number of amides is 3. The predicted molar refractivity (Wildman–Crippen MR) is 282 cm³/mol. The Morgan fingerprint density at radius 2 is 1.16 bits per heavy atom. The SMILES string of the molecule is C.C.CC1CCC(C(=O)Cl)CC1.CC1CCC(C(=O)N(CC(=O)N2CCOCC2)c2cc(C#CC(C)(C)C)sc2C(=O)O)CC1.COC(=O)c1sc(C#CC(C)(C)C)cc1CCC(=O)N1CCOCC1. The molecule has 2 saturated carbocycles. The van der Waals surface area contributed by atoms with Gasteiger partial charge in [-0.2, -0.15) is 0 Å². The van der Waals surface area contributed by atoms with Gasteiger partial charge < -0.3 is 34.0 Å². The first-order valence-corrected chi connectivity index (χ1v) is 25.9. The standard InChI is InChI=1S/C25H34N2O5S.C19H25NO4S.C8H13ClO.2CH4/c1-17-5-7-18(8-6-17)23(29)27(16-21(28)26-11-13-32-14-12-26)20-15-19(9-10-25(2,3)4)33-22(20)24(30)31;1-19(2,3)8-7-15-13-14(17(25-15)18(22)23-4)5-6-16(21)20-9-11-24-12-10-20;1-6-2-4-7(5-3-6)8(9)10;;/h15,17-18H,5-8,11-14,16H2,1-4H3,(H,30,31);13H,5-6,9-12H2,1-4H3;6-7H,2-5H2,1H3;2*1H4. The molecule has 2 aromatic heterocycles. The molecule has 2 aliphatic carbocycles. The van der Waals surface area contributed by atoms with Crippen molar-refractivity contribution in [3.05, 3.63) is 37.2 Å². The summed E-state index contributed by atoms with van der Waals surface area (Å²) in [6, 6.07) is 3.56. The van der Waals surface area contributed by atoms with E-state index in [0.29, 0.717) is 81.1 Å². The molecule has 2 saturated heterocycles. The molecule has 4 aliphatic rings. The molecule has 0 radical (unpaired) electrons. The number of carbonyl (C=O) groups is 6. The van der Waals surface area contributed by atoms with Gasteiger partial charge in [-0.1, -0.05) is 52.4 Å². The van der Waals surface area contributed by atoms with Crippen LogP contribution in [0.25, 0.3) is 0 Å². The Morgan fingerprint density at radius 1 is 0.714 bits per heavy atom. The van der Waals surface area contributed by atoms with E-state index >= 15 is 0 Å². The number of aryl methyl sites for hydroxylation is 1. The van der Waals surface area contributed by atoms with E-state index < -0.39 is 5.97 Å². The van der Waals surface area contributed by atoms with Crippen molar-refractivity contribution in [1.29, 1.82) is 0 Å². The number of nitrogens with zero attached hydrogens (tertiary/aromatic N) is 3. The third kappa shape index (κ3) is 20.5. The second-order valence-electron chi connectivity index (χ2n) is 20.2. The Labute approximate surface area is 431 Å². The number of carboxylic acid groups (broad SMARTS) is 1. The lowest BCUT2D eigenvalue weighted by molar-refractivity contribution is -0.135. The molecular weight excluding hydrogens is 950 g/mol. The quantitative estimate of drug-likeness (QED) is 0.138. The highest BCUT2D eigenvalue weighted by atomic mass is 35.5. The largest absolute Gasteiger partial charge is 0.477 e. The first kappa shape index (κ1) is 61.9. The van der Waals surface area contributed by atoms with E-state index in [4.69, 9.17) is 25.8 Å². The molecule has 390 valence electrons. The van der Waals surface area contributed by atoms with Crippen molar-refractivity contribution in [3.8, 4) is 23.7 Å². The van der Waals surface area contributed by atoms with Crippen LogP contribution in [0.1, 0.15) is 163 Å². The van der Waals surface area contributed by atoms with E-state index in [-0.39, 0.29) is 83.6 Å². The molecule has 70 heavy (non-hydrogen) atoms. The van der Waals surface area contributed by atoms with Gasteiger partial charge >= 0.3 is 11.9 Å². The molecule has 4 heterocycles. The van der Waals surface area contributed by atoms with E-state index in [1.807, 2.05) is 52.5 Å². The summed E-state index contributed by atoms with van der Waals surface area (Å²) in [4.78, 5) is 80.7. The number of anilines is 1. The summed E-state index contributed by atoms with van der Waals surface area (Å²) in [7, 11) is 1.37. The number of thiophene rings is 2. The summed E-state index contributed by atoms with van der Waals surface area (Å²) in [5, 5.41) is 9.75. The van der Waals surface area contributed by atoms with Gasteiger partial charge in [0.05, 0.1) is 49.0 Å². The maximum atomic E-state index is 13.6. The molecule has 2 aromatic rings. The number of aromatic carboxylic acids is 1. The van der Waals surface area contributed by atoms with Gasteiger partial charge in [-0.3, -0.25) is 19.2 Å². The lowest BCUT2D eigenvalue weighted by atomic mass is 9.82. The van der Waals surface area contributed by atoms with Crippen molar-refractivity contribution in [2.24, 2.45) is 34.5 Å². The first-order chi connectivity index (χ1) is 32.0. The van der Waals surface area contributed by atoms with Crippen LogP contribution in [-0.4, -0.2) is 116 Å². The average molecular weight is 1030 g/mol. The van der Waals surface area contributed by atoms with Crippen LogP contribution in [0.4, 0.5) is 5.69 Å². The number of carbonyl (C=O) groups excluding carboxylic acids is 5. The number of hydrogen-bond donors (Lipinski definition) is 1. The maximum absolute atomic E-state index is 13.6. The number of hydrogen-bond acceptors (Lipinski definition) is 11. The van der Waals surface area contributed by atoms with Crippen molar-refractivity contribution >= 4 is 74.9 Å². The Bertz CT molecular complexity index is 2170. The minimum absolute atomic E-state index is 0. The van der Waals surface area contributed by atoms with Crippen LogP contribution in [0.3, 0.4) is 0 Å². The monoisotopic (exact) mass is 1030 g/mol. The Balaban J connectivity index is 0.000000400. The van der Waals surface area contributed by atoms with E-state index in [2.05, 4.69) is 37.5 Å². The summed E-state index contributed by atoms with van der Waals surface area (Å²) in [6.45, 7) is 20.6. The van der Waals surface area contributed by atoms with Crippen LogP contribution in [0.2, 0.25) is 0 Å². The molecule has 3 amide bonds. The van der Waals surface area contributed by atoms with Gasteiger partial charge in [0.15, 0.2) is 0 Å². The molecular formula is C54H80ClN3O10S2. The van der Waals surface area contributed by atoms with E-state index in [1.54, 1.807) is 11.0 Å². The highest BCUT2D eigenvalue weighted by Gasteiger charge is 2.34. The molecule has 0 spiro atoms. The van der Waals surface area contributed by atoms with Crippen molar-refractivity contribution in [2.75, 3.05) is 71.2 Å². The van der Waals surface area contributed by atoms with Gasteiger partial charge in [0.25, 0.3) is 0 Å². The van der Waals surface area contributed by atoms with Crippen LogP contribution < -0.4 is 4.90 Å². The smallest absolute Gasteiger partial charge is 0.348 e. The number of ether oxygens (including phenoxy) is 3. The highest BCUT2D eigenvalue weighted by molar-refractivity contribution is 7.15. The highest BCUT2D eigenvalue weighted by Crippen LogP contribution is 2.36. The maximum Gasteiger partial charge on any atom is 0.348 e. The van der Waals surface area contributed by atoms with Gasteiger partial charge in [0.1, 0.15) is 16.3 Å². The lowest BCUT2D eigenvalue weighted by Crippen LogP contribution is -2.48. The zero-order valence-electron chi connectivity index (χ0n) is 41.6. The van der Waals surface area contributed by atoms with Crippen LogP contribution in [0, 0.1) is 58.2 Å². The number of methoxy groups -OCH3 is 1. The fourth-order valence-corrected chi connectivity index (χ4v) is 10.0. The van der Waals surface area contributed by atoms with E-state index in [1.165, 1.54) is 36.2 Å². The van der Waals surface area contributed by atoms with Crippen molar-refractivity contribution in [1.82, 2.24) is 9.80 Å². The van der Waals surface area contributed by atoms with Crippen LogP contribution in [0.5, 0.6) is 0 Å². The Hall–Kier alpha value is -4.25. The molecule has 6 rings (SSSR count). The van der Waals surface area contributed by atoms with Gasteiger partial charge in [0.2, 0.25) is 23.0 Å². The van der Waals surface area contributed by atoms with E-state index in [0.717, 1.165) is 66.2 Å². The average Bonchev–Trinajstić information content (AvgIpc) is 3.94. The predicted octanol–water partition coefficient (Wildman–Crippen LogP) is 10.4. The van der Waals surface area contributed by atoms with Crippen molar-refractivity contribution in [3.63, 3.8) is 0 Å². The molecule has 0 atom stereocenters. The Kier molecular flexibility index (Phi) is 25.9. The second kappa shape index (κ2) is 29.3. The fourth-order valence-electron chi connectivity index (χ4n) is 7.99. The van der Waals surface area contributed by atoms with E-state index in [9.17, 15) is 33.9 Å². The molecule has 13 nitrogen and oxygen atoms in total. The summed E-state index contributed by atoms with van der Waals surface area (Å²) in [5.41, 5.74) is 0.753. The van der Waals surface area contributed by atoms with Gasteiger partial charge in [-0.05, 0) is 140 Å². The summed E-state index contributed by atoms with van der Waals surface area (Å²) in [5.74, 6) is 12.0. The number of carboxylic acids is 1. The number of esters is 1. The number of rotatable bonds is 10. The molecule has 0 aromatic carbocycles. The van der Waals surface area contributed by atoms with Crippen molar-refractivity contribution in [2.45, 2.75) is 134 Å². The van der Waals surface area contributed by atoms with Gasteiger partial charge in [-0.15, -0.1) is 22.7 Å². The third-order valence-corrected chi connectivity index (χ3v) is 14.5. The molecule has 16 heteroatoms. The minimum atomic E-state index is -1.12. The van der Waals surface area contributed by atoms with Gasteiger partial charge in [-0.25, -0.2) is 9.59 Å². The topological polar surface area (TPSA) is 160 Å². The number of morpholine rings is 2. The fraction of sp³-hybridized carbons (Fsp3) is 0.667. The molecule has 4 fully saturated rings. The van der Waals surface area contributed by atoms with Crippen LogP contribution in [0.15, 0.2) is 12.1 Å². The molecule has 2 aliphatic heterocycles. The van der Waals surface area contributed by atoms with Crippen LogP contribution in [-0.2, 0) is 39.8 Å². The lowest BCUT2D eigenvalue weighted by Gasteiger charge is -2.33. The molecule has 0 unspecified atom stereocenters. The number of halogens is 1. The van der Waals surface area contributed by atoms with Crippen LogP contribution >= 0.6 is 34.3 Å². The van der Waals surface area contributed by atoms with Crippen molar-refractivity contribution < 1.29 is 48.1 Å². The Morgan fingerprint density at radius 3 is 1.60 bits per heavy atom. The van der Waals surface area contributed by atoms with Gasteiger partial charge in [0, 0.05) is 55.3 Å².